The monoisotopic (exact) mass is 664 g/mol. The largest absolute Gasteiger partial charge is 1.00 e. The van der Waals surface area contributed by atoms with Crippen LogP contribution < -0.4 is 17.0 Å². The van der Waals surface area contributed by atoms with Crippen LogP contribution in [0.15, 0.2) is 12.2 Å². The van der Waals surface area contributed by atoms with Crippen molar-refractivity contribution in [2.24, 2.45) is 17.8 Å². The van der Waals surface area contributed by atoms with Gasteiger partial charge in [-0.2, -0.15) is 0 Å². The molecule has 10 heteroatoms. The lowest BCUT2D eigenvalue weighted by molar-refractivity contribution is -0.140. The van der Waals surface area contributed by atoms with E-state index in [4.69, 9.17) is 10.2 Å². The average molecular weight is 666 g/mol. The summed E-state index contributed by atoms with van der Waals surface area (Å²) in [5.41, 5.74) is 6.72. The highest BCUT2D eigenvalue weighted by Gasteiger charge is 2.48. The second-order valence-electron chi connectivity index (χ2n) is 11.0. The molecule has 39 heavy (non-hydrogen) atoms. The zero-order valence-electron chi connectivity index (χ0n) is 24.6. The lowest BCUT2D eigenvalue weighted by Gasteiger charge is -2.02. The van der Waals surface area contributed by atoms with Crippen molar-refractivity contribution in [3.05, 3.63) is 12.2 Å². The molecule has 2 aliphatic rings. The van der Waals surface area contributed by atoms with Crippen molar-refractivity contribution in [1.82, 2.24) is 0 Å². The number of aliphatic hydroxyl groups excluding tert-OH is 2. The third-order valence-electron chi connectivity index (χ3n) is 5.15. The van der Waals surface area contributed by atoms with Gasteiger partial charge in [0.25, 0.3) is 0 Å². The number of hydrogen-bond acceptors (Lipinski definition) is 6. The number of aliphatic hydroxyl groups is 2. The van der Waals surface area contributed by atoms with Crippen LogP contribution in [-0.2, 0) is 30.0 Å². The van der Waals surface area contributed by atoms with Crippen LogP contribution >= 0.6 is 0 Å². The minimum absolute atomic E-state index is 0. The highest BCUT2D eigenvalue weighted by molar-refractivity contribution is 7.97. The van der Waals surface area contributed by atoms with E-state index in [-0.39, 0.29) is 55.4 Å². The Balaban J connectivity index is -0.000000487. The molecular formula is C29H53BrO6SSi2. The first-order valence-electron chi connectivity index (χ1n) is 13.2. The smallest absolute Gasteiger partial charge is 0.330 e. The molecule has 1 saturated heterocycles. The zero-order chi connectivity index (χ0) is 28.5. The van der Waals surface area contributed by atoms with Gasteiger partial charge in [-0.05, 0) is 37.6 Å². The van der Waals surface area contributed by atoms with Crippen LogP contribution in [0, 0.1) is 40.7 Å². The summed E-state index contributed by atoms with van der Waals surface area (Å²) in [4.78, 5) is 21.3. The van der Waals surface area contributed by atoms with Crippen LogP contribution in [0.3, 0.4) is 0 Å². The Hall–Kier alpha value is -1.02. The molecule has 6 nitrogen and oxygen atoms in total. The van der Waals surface area contributed by atoms with Crippen molar-refractivity contribution >= 4 is 39.0 Å². The molecule has 1 saturated carbocycles. The van der Waals surface area contributed by atoms with Crippen LogP contribution in [0.25, 0.3) is 0 Å². The maximum atomic E-state index is 10.6. The minimum Gasteiger partial charge on any atom is -1.00 e. The van der Waals surface area contributed by atoms with Crippen LogP contribution in [0.5, 0.6) is 0 Å². The SMILES string of the molecule is C.CCOC(=O)/C=C\C(=O)OCC.C[Si](C)(C)C#CC1C(CO)C1CO.C[Si](C)(C)C#CC[S+]1CCCC1.[Br-]. The van der Waals surface area contributed by atoms with E-state index in [1.807, 2.05) is 0 Å². The molecule has 0 bridgehead atoms. The summed E-state index contributed by atoms with van der Waals surface area (Å²) >= 11 is 0. The number of ether oxygens (including phenoxy) is 2. The van der Waals surface area contributed by atoms with Gasteiger partial charge in [0.2, 0.25) is 0 Å². The topological polar surface area (TPSA) is 93.1 Å². The van der Waals surface area contributed by atoms with Gasteiger partial charge >= 0.3 is 11.9 Å². The standard InChI is InChI=1S/C10H18O2Si.C10H19SSi.C8H12O4.CH4.BrH/c1-13(2,3)5-4-8-9(6-11)10(8)7-12;1-12(2,3)10-6-9-11-7-4-5-8-11;1-3-11-7(9)5-6-8(10)12-4-2;;/h8-12H,6-7H2,1-3H3;4-5,7-9H2,1-3H3;5-6H,3-4H2,1-2H3;1H4;1H/q;+1;;;/p-1/b;;6-5-;;. The Morgan fingerprint density at radius 3 is 1.59 bits per heavy atom. The van der Waals surface area contributed by atoms with Gasteiger partial charge in [-0.15, -0.1) is 17.0 Å². The van der Waals surface area contributed by atoms with Gasteiger partial charge in [0.15, 0.2) is 5.75 Å². The number of esters is 2. The van der Waals surface area contributed by atoms with Gasteiger partial charge < -0.3 is 36.7 Å². The van der Waals surface area contributed by atoms with E-state index in [0.717, 1.165) is 12.2 Å². The Kier molecular flexibility index (Phi) is 24.7. The van der Waals surface area contributed by atoms with Crippen molar-refractivity contribution in [1.29, 1.82) is 0 Å². The molecule has 0 radical (unpaired) electrons. The molecule has 0 aromatic carbocycles. The summed E-state index contributed by atoms with van der Waals surface area (Å²) in [6.07, 6.45) is 5.00. The Morgan fingerprint density at radius 1 is 0.846 bits per heavy atom. The van der Waals surface area contributed by atoms with Gasteiger partial charge in [-0.25, -0.2) is 9.59 Å². The first-order chi connectivity index (χ1) is 17.3. The number of rotatable bonds is 7. The van der Waals surface area contributed by atoms with Gasteiger partial charge in [0.05, 0.1) is 13.2 Å². The first-order valence-corrected chi connectivity index (χ1v) is 21.9. The van der Waals surface area contributed by atoms with Crippen LogP contribution in [-0.4, -0.2) is 82.0 Å². The van der Waals surface area contributed by atoms with Gasteiger partial charge in [-0.1, -0.05) is 52.6 Å². The first kappa shape index (κ1) is 42.5. The minimum atomic E-state index is -1.29. The molecule has 2 unspecified atom stereocenters. The quantitative estimate of drug-likeness (QED) is 0.140. The van der Waals surface area contributed by atoms with Crippen LogP contribution in [0.2, 0.25) is 39.3 Å². The molecule has 1 aliphatic carbocycles. The fourth-order valence-corrected chi connectivity index (χ4v) is 6.58. The van der Waals surface area contributed by atoms with Gasteiger partial charge in [-0.3, -0.25) is 0 Å². The van der Waals surface area contributed by atoms with Crippen molar-refractivity contribution in [3.8, 4) is 22.9 Å². The predicted octanol–water partition coefficient (Wildman–Crippen LogP) is 1.30. The molecule has 2 fully saturated rings. The lowest BCUT2D eigenvalue weighted by Crippen LogP contribution is -3.00. The van der Waals surface area contributed by atoms with Crippen LogP contribution in [0.1, 0.15) is 34.1 Å². The van der Waals surface area contributed by atoms with E-state index in [1.165, 1.54) is 30.1 Å². The number of carbonyl (C=O) groups excluding carboxylic acids is 2. The number of hydrogen-bond donors (Lipinski definition) is 2. The maximum absolute atomic E-state index is 10.6. The fourth-order valence-electron chi connectivity index (χ4n) is 3.24. The Morgan fingerprint density at radius 2 is 1.26 bits per heavy atom. The molecule has 0 aromatic heterocycles. The van der Waals surface area contributed by atoms with Crippen molar-refractivity contribution < 1.29 is 46.3 Å². The van der Waals surface area contributed by atoms with E-state index >= 15 is 0 Å². The molecule has 0 aromatic rings. The van der Waals surface area contributed by atoms with Crippen LogP contribution in [0.4, 0.5) is 0 Å². The van der Waals surface area contributed by atoms with Crippen molar-refractivity contribution in [3.63, 3.8) is 0 Å². The highest BCUT2D eigenvalue weighted by atomic mass is 79.9. The maximum Gasteiger partial charge on any atom is 0.330 e. The molecule has 2 rings (SSSR count). The average Bonchev–Trinajstić information content (AvgIpc) is 3.24. The Bertz CT molecular complexity index is 810. The summed E-state index contributed by atoms with van der Waals surface area (Å²) < 4.78 is 9.07. The molecule has 0 amide bonds. The van der Waals surface area contributed by atoms with Gasteiger partial charge in [0.1, 0.15) is 27.7 Å². The molecule has 2 N–H and O–H groups in total. The fraction of sp³-hybridized carbons (Fsp3) is 0.724. The van der Waals surface area contributed by atoms with Crippen molar-refractivity contribution in [2.45, 2.75) is 73.4 Å². The van der Waals surface area contributed by atoms with E-state index in [2.05, 4.69) is 71.7 Å². The second-order valence-corrected chi connectivity index (χ2v) is 22.8. The summed E-state index contributed by atoms with van der Waals surface area (Å²) in [6, 6.07) is 0. The van der Waals surface area contributed by atoms with E-state index < -0.39 is 28.1 Å². The van der Waals surface area contributed by atoms with E-state index in [0.29, 0.717) is 24.1 Å². The lowest BCUT2D eigenvalue weighted by atomic mass is 10.3. The summed E-state index contributed by atoms with van der Waals surface area (Å²) in [6.45, 7) is 17.9. The summed E-state index contributed by atoms with van der Waals surface area (Å²) in [7, 11) is -1.69. The second kappa shape index (κ2) is 22.6. The number of carbonyl (C=O) groups is 2. The van der Waals surface area contributed by atoms with E-state index in [1.54, 1.807) is 13.8 Å². The molecule has 2 atom stereocenters. The predicted molar refractivity (Wildman–Crippen MR) is 167 cm³/mol. The molecule has 1 heterocycles. The molecular weight excluding hydrogens is 612 g/mol. The normalized spacial score (nSPS) is 19.6. The third-order valence-corrected chi connectivity index (χ3v) is 9.26. The zero-order valence-corrected chi connectivity index (χ0v) is 29.0. The van der Waals surface area contributed by atoms with Crippen molar-refractivity contribution in [2.75, 3.05) is 43.7 Å². The molecule has 1 aliphatic heterocycles. The molecule has 0 spiro atoms. The molecule has 226 valence electrons. The number of halogens is 1. The van der Waals surface area contributed by atoms with E-state index in [9.17, 15) is 9.59 Å². The Labute approximate surface area is 254 Å². The third kappa shape index (κ3) is 23.4. The van der Waals surface area contributed by atoms with Gasteiger partial charge in [0, 0.05) is 43.1 Å². The highest BCUT2D eigenvalue weighted by Crippen LogP contribution is 2.44. The summed E-state index contributed by atoms with van der Waals surface area (Å²) in [5.74, 6) is 10.3. The summed E-state index contributed by atoms with van der Waals surface area (Å²) in [5, 5.41) is 17.9.